The Bertz CT molecular complexity index is 1000. The van der Waals surface area contributed by atoms with E-state index < -0.39 is 5.25 Å². The van der Waals surface area contributed by atoms with Gasteiger partial charge in [0, 0.05) is 38.3 Å². The number of aryl methyl sites for hydroxylation is 1. The van der Waals surface area contributed by atoms with Gasteiger partial charge in [0.2, 0.25) is 11.8 Å². The average Bonchev–Trinajstić information content (AvgIpc) is 3.25. The molecule has 1 aliphatic rings. The number of rotatable bonds is 8. The molecule has 10 nitrogen and oxygen atoms in total. The quantitative estimate of drug-likeness (QED) is 0.616. The molecule has 1 atom stereocenters. The zero-order valence-electron chi connectivity index (χ0n) is 19.1. The van der Waals surface area contributed by atoms with Crippen LogP contribution in [0.3, 0.4) is 0 Å². The summed E-state index contributed by atoms with van der Waals surface area (Å²) in [5.41, 5.74) is 0.454. The van der Waals surface area contributed by atoms with Crippen LogP contribution in [0.5, 0.6) is 11.5 Å². The zero-order valence-corrected chi connectivity index (χ0v) is 19.9. The van der Waals surface area contributed by atoms with Crippen molar-refractivity contribution >= 4 is 35.3 Å². The summed E-state index contributed by atoms with van der Waals surface area (Å²) in [6.07, 6.45) is 0. The van der Waals surface area contributed by atoms with Crippen molar-refractivity contribution in [2.75, 3.05) is 51.5 Å². The Hall–Kier alpha value is -3.21. The lowest BCUT2D eigenvalue weighted by molar-refractivity contribution is -0.129. The number of nitrogens with zero attached hydrogens (tertiary/aromatic N) is 3. The minimum absolute atomic E-state index is 0.0638. The van der Waals surface area contributed by atoms with Crippen LogP contribution in [0, 0.1) is 6.92 Å². The van der Waals surface area contributed by atoms with Gasteiger partial charge >= 0.3 is 0 Å². The highest BCUT2D eigenvalue weighted by molar-refractivity contribution is 8.01. The molecular weight excluding hydrogens is 448 g/mol. The predicted molar refractivity (Wildman–Crippen MR) is 124 cm³/mol. The van der Waals surface area contributed by atoms with Crippen molar-refractivity contribution < 1.29 is 28.4 Å². The molecule has 1 fully saturated rings. The maximum Gasteiger partial charge on any atom is 0.257 e. The lowest BCUT2D eigenvalue weighted by Gasteiger charge is -2.35. The van der Waals surface area contributed by atoms with Gasteiger partial charge in [0.25, 0.3) is 5.91 Å². The minimum atomic E-state index is -0.434. The van der Waals surface area contributed by atoms with Crippen molar-refractivity contribution in [2.24, 2.45) is 0 Å². The molecular formula is C22H28N4O6S. The third-order valence-electron chi connectivity index (χ3n) is 5.26. The number of amides is 3. The lowest BCUT2D eigenvalue weighted by Crippen LogP contribution is -2.51. The highest BCUT2D eigenvalue weighted by Gasteiger charge is 2.27. The van der Waals surface area contributed by atoms with Crippen molar-refractivity contribution in [3.63, 3.8) is 0 Å². The highest BCUT2D eigenvalue weighted by atomic mass is 32.2. The first-order chi connectivity index (χ1) is 15.8. The van der Waals surface area contributed by atoms with Crippen LogP contribution >= 0.6 is 11.8 Å². The molecule has 33 heavy (non-hydrogen) atoms. The van der Waals surface area contributed by atoms with E-state index in [1.807, 2.05) is 0 Å². The van der Waals surface area contributed by atoms with Gasteiger partial charge in [0.15, 0.2) is 5.82 Å². The number of aromatic nitrogens is 1. The average molecular weight is 477 g/mol. The zero-order chi connectivity index (χ0) is 24.0. The van der Waals surface area contributed by atoms with Gasteiger partial charge in [0.05, 0.1) is 30.8 Å². The molecule has 2 heterocycles. The number of ether oxygens (including phenoxy) is 2. The maximum absolute atomic E-state index is 12.9. The molecule has 1 saturated heterocycles. The summed E-state index contributed by atoms with van der Waals surface area (Å²) in [4.78, 5) is 41.2. The highest BCUT2D eigenvalue weighted by Crippen LogP contribution is 2.26. The van der Waals surface area contributed by atoms with Gasteiger partial charge in [-0.15, -0.1) is 11.8 Å². The van der Waals surface area contributed by atoms with Crippen LogP contribution in [-0.4, -0.2) is 84.1 Å². The Balaban J connectivity index is 1.46. The Morgan fingerprint density at radius 2 is 1.82 bits per heavy atom. The molecule has 0 radical (unpaired) electrons. The summed E-state index contributed by atoms with van der Waals surface area (Å²) in [6, 6.07) is 6.70. The third kappa shape index (κ3) is 6.19. The van der Waals surface area contributed by atoms with E-state index in [1.54, 1.807) is 55.0 Å². The second-order valence-electron chi connectivity index (χ2n) is 7.50. The van der Waals surface area contributed by atoms with E-state index in [0.29, 0.717) is 54.8 Å². The summed E-state index contributed by atoms with van der Waals surface area (Å²) >= 11 is 1.25. The number of carbonyl (C=O) groups is 3. The fraction of sp³-hybridized carbons (Fsp3) is 0.455. The van der Waals surface area contributed by atoms with Gasteiger partial charge < -0.3 is 29.1 Å². The van der Waals surface area contributed by atoms with E-state index in [2.05, 4.69) is 10.5 Å². The number of hydrogen-bond donors (Lipinski definition) is 1. The van der Waals surface area contributed by atoms with Crippen molar-refractivity contribution in [1.29, 1.82) is 0 Å². The summed E-state index contributed by atoms with van der Waals surface area (Å²) in [7, 11) is 3.06. The largest absolute Gasteiger partial charge is 0.497 e. The number of benzene rings is 1. The minimum Gasteiger partial charge on any atom is -0.497 e. The summed E-state index contributed by atoms with van der Waals surface area (Å²) in [5.74, 6) is 1.72. The summed E-state index contributed by atoms with van der Waals surface area (Å²) < 4.78 is 15.4. The van der Waals surface area contributed by atoms with Crippen molar-refractivity contribution in [3.05, 3.63) is 35.6 Å². The van der Waals surface area contributed by atoms with Crippen LogP contribution in [0.1, 0.15) is 23.0 Å². The summed E-state index contributed by atoms with van der Waals surface area (Å²) in [5, 5.41) is 5.96. The van der Waals surface area contributed by atoms with E-state index in [-0.39, 0.29) is 23.5 Å². The number of hydrogen-bond acceptors (Lipinski definition) is 8. The first kappa shape index (κ1) is 24.4. The van der Waals surface area contributed by atoms with Crippen LogP contribution in [0.25, 0.3) is 0 Å². The first-order valence-electron chi connectivity index (χ1n) is 10.5. The Kier molecular flexibility index (Phi) is 8.21. The van der Waals surface area contributed by atoms with Crippen LogP contribution in [-0.2, 0) is 9.59 Å². The molecule has 1 aromatic heterocycles. The number of thioether (sulfide) groups is 1. The van der Waals surface area contributed by atoms with Crippen LogP contribution in [0.15, 0.2) is 28.8 Å². The van der Waals surface area contributed by atoms with Crippen LogP contribution in [0.4, 0.5) is 5.82 Å². The molecule has 3 rings (SSSR count). The Morgan fingerprint density at radius 3 is 2.42 bits per heavy atom. The molecule has 11 heteroatoms. The first-order valence-corrected chi connectivity index (χ1v) is 11.5. The topological polar surface area (TPSA) is 114 Å². The predicted octanol–water partition coefficient (Wildman–Crippen LogP) is 2.05. The van der Waals surface area contributed by atoms with Gasteiger partial charge in [-0.05, 0) is 26.0 Å². The van der Waals surface area contributed by atoms with E-state index in [1.165, 1.54) is 18.9 Å². The Labute approximate surface area is 196 Å². The normalized spacial score (nSPS) is 14.5. The Morgan fingerprint density at radius 1 is 1.12 bits per heavy atom. The van der Waals surface area contributed by atoms with Gasteiger partial charge in [-0.1, -0.05) is 5.16 Å². The summed E-state index contributed by atoms with van der Waals surface area (Å²) in [6.45, 7) is 5.18. The molecule has 0 aliphatic carbocycles. The van der Waals surface area contributed by atoms with Crippen molar-refractivity contribution in [3.8, 4) is 11.5 Å². The maximum atomic E-state index is 12.9. The van der Waals surface area contributed by atoms with E-state index in [9.17, 15) is 14.4 Å². The number of carbonyl (C=O) groups excluding carboxylic acids is 3. The molecule has 1 unspecified atom stereocenters. The number of nitrogens with one attached hydrogen (secondary N) is 1. The van der Waals surface area contributed by atoms with Crippen LogP contribution in [0.2, 0.25) is 0 Å². The molecule has 1 aromatic carbocycles. The van der Waals surface area contributed by atoms with Crippen molar-refractivity contribution in [2.45, 2.75) is 19.1 Å². The second-order valence-corrected chi connectivity index (χ2v) is 8.83. The van der Waals surface area contributed by atoms with Gasteiger partial charge in [-0.3, -0.25) is 14.4 Å². The molecule has 178 valence electrons. The number of methoxy groups -OCH3 is 2. The fourth-order valence-corrected chi connectivity index (χ4v) is 4.11. The van der Waals surface area contributed by atoms with Crippen LogP contribution < -0.4 is 14.8 Å². The van der Waals surface area contributed by atoms with Gasteiger partial charge in [0.1, 0.15) is 17.3 Å². The standard InChI is InChI=1S/C22H28N4O6S/c1-14-11-19(24-32-14)23-21(28)15(2)33-13-20(27)25-7-9-26(10-8-25)22(29)17-6-5-16(30-3)12-18(17)31-4/h5-6,11-12,15H,7-10,13H2,1-4H3,(H,23,24,28). The second kappa shape index (κ2) is 11.1. The van der Waals surface area contributed by atoms with Crippen molar-refractivity contribution in [1.82, 2.24) is 15.0 Å². The van der Waals surface area contributed by atoms with E-state index in [4.69, 9.17) is 14.0 Å². The molecule has 0 spiro atoms. The molecule has 0 bridgehead atoms. The molecule has 0 saturated carbocycles. The fourth-order valence-electron chi connectivity index (χ4n) is 3.32. The van der Waals surface area contributed by atoms with E-state index in [0.717, 1.165) is 0 Å². The molecule has 1 N–H and O–H groups in total. The number of piperazine rings is 1. The lowest BCUT2D eigenvalue weighted by atomic mass is 10.1. The monoisotopic (exact) mass is 476 g/mol. The molecule has 1 aliphatic heterocycles. The molecule has 3 amide bonds. The van der Waals surface area contributed by atoms with Gasteiger partial charge in [-0.2, -0.15) is 0 Å². The molecule has 2 aromatic rings. The third-order valence-corrected chi connectivity index (χ3v) is 6.39. The van der Waals surface area contributed by atoms with E-state index >= 15 is 0 Å². The number of anilines is 1. The smallest absolute Gasteiger partial charge is 0.257 e. The van der Waals surface area contributed by atoms with Gasteiger partial charge in [-0.25, -0.2) is 0 Å². The SMILES string of the molecule is COc1ccc(C(=O)N2CCN(C(=O)CSC(C)C(=O)Nc3cc(C)on3)CC2)c(OC)c1.